The van der Waals surface area contributed by atoms with Crippen LogP contribution in [0.2, 0.25) is 0 Å². The van der Waals surface area contributed by atoms with E-state index >= 15 is 0 Å². The van der Waals surface area contributed by atoms with Gasteiger partial charge >= 0.3 is 29.9 Å². The van der Waals surface area contributed by atoms with Crippen LogP contribution in [-0.4, -0.2) is 48.2 Å². The Balaban J connectivity index is 5.28. The molecule has 0 radical (unpaired) electrons. The van der Waals surface area contributed by atoms with Gasteiger partial charge in [0.1, 0.15) is 0 Å². The molecule has 0 bridgehead atoms. The van der Waals surface area contributed by atoms with E-state index in [-0.39, 0.29) is 5.57 Å². The molecular weight excluding hydrogens is 363 g/mol. The predicted molar refractivity (Wildman–Crippen MR) is 61.9 cm³/mol. The number of ether oxygens (including phenoxy) is 1. The van der Waals surface area contributed by atoms with Crippen LogP contribution in [0.3, 0.4) is 0 Å². The van der Waals surface area contributed by atoms with Gasteiger partial charge in [-0.2, -0.15) is 39.5 Å². The van der Waals surface area contributed by atoms with E-state index in [1.807, 2.05) is 0 Å². The topological polar surface area (TPSA) is 46.5 Å². The number of hydrogen-bond donors (Lipinski definition) is 1. The molecule has 1 N–H and O–H groups in total. The first-order valence-electron chi connectivity index (χ1n) is 6.15. The highest BCUT2D eigenvalue weighted by Gasteiger charge is 2.81. The lowest BCUT2D eigenvalue weighted by Crippen LogP contribution is -2.61. The van der Waals surface area contributed by atoms with Crippen molar-refractivity contribution < 1.29 is 54.2 Å². The zero-order valence-electron chi connectivity index (χ0n) is 12.1. The molecular formula is C12H13F9O3. The van der Waals surface area contributed by atoms with Crippen LogP contribution >= 0.6 is 0 Å². The maximum Gasteiger partial charge on any atom is 0.460 e. The van der Waals surface area contributed by atoms with Crippen molar-refractivity contribution in [3.05, 3.63) is 12.2 Å². The Hall–Kier alpha value is -1.46. The van der Waals surface area contributed by atoms with Gasteiger partial charge in [0.15, 0.2) is 0 Å². The molecule has 0 spiro atoms. The van der Waals surface area contributed by atoms with Gasteiger partial charge in [-0.3, -0.25) is 0 Å². The number of aliphatic hydroxyl groups is 1. The predicted octanol–water partition coefficient (Wildman–Crippen LogP) is 3.57. The smallest absolute Gasteiger partial charge is 0.460 e. The average molecular weight is 376 g/mol. The fraction of sp³-hybridized carbons (Fsp3) is 0.750. The minimum Gasteiger partial charge on any atom is -0.462 e. The Bertz CT molecular complexity index is 471. The summed E-state index contributed by atoms with van der Waals surface area (Å²) in [5.74, 6) is -22.8. The third-order valence-corrected chi connectivity index (χ3v) is 2.81. The molecule has 0 aliphatic carbocycles. The molecule has 142 valence electrons. The van der Waals surface area contributed by atoms with Gasteiger partial charge in [0.25, 0.3) is 0 Å². The van der Waals surface area contributed by atoms with E-state index in [0.717, 1.165) is 6.92 Å². The van der Waals surface area contributed by atoms with Crippen molar-refractivity contribution in [1.82, 2.24) is 0 Å². The van der Waals surface area contributed by atoms with Gasteiger partial charge in [0.05, 0.1) is 6.61 Å². The molecule has 0 aromatic rings. The van der Waals surface area contributed by atoms with Gasteiger partial charge in [0.2, 0.25) is 0 Å². The Morgan fingerprint density at radius 3 is 1.83 bits per heavy atom. The van der Waals surface area contributed by atoms with Crippen LogP contribution in [0, 0.1) is 5.92 Å². The minimum absolute atomic E-state index is 0.215. The van der Waals surface area contributed by atoms with Gasteiger partial charge in [0, 0.05) is 24.5 Å². The molecule has 0 aromatic heterocycles. The molecule has 0 rings (SSSR count). The molecule has 0 aliphatic heterocycles. The monoisotopic (exact) mass is 376 g/mol. The molecule has 0 saturated heterocycles. The highest BCUT2D eigenvalue weighted by molar-refractivity contribution is 5.86. The quantitative estimate of drug-likeness (QED) is 0.400. The van der Waals surface area contributed by atoms with Crippen LogP contribution in [-0.2, 0) is 9.53 Å². The van der Waals surface area contributed by atoms with E-state index in [9.17, 15) is 44.3 Å². The zero-order valence-corrected chi connectivity index (χ0v) is 12.1. The molecule has 24 heavy (non-hydrogen) atoms. The second kappa shape index (κ2) is 7.19. The summed E-state index contributed by atoms with van der Waals surface area (Å²) in [6.45, 7) is 1.81. The lowest BCUT2D eigenvalue weighted by atomic mass is 9.94. The molecule has 3 nitrogen and oxygen atoms in total. The largest absolute Gasteiger partial charge is 0.462 e. The SMILES string of the molecule is C=C(C)C(=O)OCC(CO)CC(F)(F)C(F)(F)C(F)(F)C(F)(F)F. The second-order valence-corrected chi connectivity index (χ2v) is 4.98. The van der Waals surface area contributed by atoms with Crippen LogP contribution in [0.1, 0.15) is 13.3 Å². The Kier molecular flexibility index (Phi) is 6.76. The van der Waals surface area contributed by atoms with Crippen molar-refractivity contribution in [3.8, 4) is 0 Å². The van der Waals surface area contributed by atoms with Crippen molar-refractivity contribution in [2.75, 3.05) is 13.2 Å². The molecule has 0 fully saturated rings. The Labute approximate surface area is 130 Å². The number of rotatable bonds is 8. The number of esters is 1. The fourth-order valence-corrected chi connectivity index (χ4v) is 1.39. The summed E-state index contributed by atoms with van der Waals surface area (Å²) in [6.07, 6.45) is -9.19. The number of hydrogen-bond acceptors (Lipinski definition) is 3. The van der Waals surface area contributed by atoms with Crippen LogP contribution in [0.4, 0.5) is 39.5 Å². The van der Waals surface area contributed by atoms with Crippen LogP contribution < -0.4 is 0 Å². The first-order valence-corrected chi connectivity index (χ1v) is 6.15. The summed E-state index contributed by atoms with van der Waals surface area (Å²) in [4.78, 5) is 11.0. The van der Waals surface area contributed by atoms with Crippen LogP contribution in [0.25, 0.3) is 0 Å². The number of carbonyl (C=O) groups is 1. The third kappa shape index (κ3) is 4.54. The first-order chi connectivity index (χ1) is 10.5. The van der Waals surface area contributed by atoms with Crippen LogP contribution in [0.5, 0.6) is 0 Å². The van der Waals surface area contributed by atoms with E-state index in [0.29, 0.717) is 0 Å². The summed E-state index contributed by atoms with van der Waals surface area (Å²) < 4.78 is 118. The standard InChI is InChI=1S/C12H13F9O3/c1-6(2)8(23)24-5-7(4-22)3-9(13,14)10(15,16)11(17,18)12(19,20)21/h7,22H,1,3-5H2,2H3. The third-order valence-electron chi connectivity index (χ3n) is 2.81. The maximum atomic E-state index is 13.3. The summed E-state index contributed by atoms with van der Waals surface area (Å²) in [7, 11) is 0. The molecule has 0 heterocycles. The molecule has 0 aromatic carbocycles. The Morgan fingerprint density at radius 2 is 1.50 bits per heavy atom. The highest BCUT2D eigenvalue weighted by atomic mass is 19.4. The first kappa shape index (κ1) is 22.5. The van der Waals surface area contributed by atoms with Gasteiger partial charge in [-0.15, -0.1) is 0 Å². The molecule has 0 saturated carbocycles. The average Bonchev–Trinajstić information content (AvgIpc) is 2.40. The minimum atomic E-state index is -7.00. The lowest BCUT2D eigenvalue weighted by molar-refractivity contribution is -0.398. The van der Waals surface area contributed by atoms with E-state index < -0.39 is 55.5 Å². The van der Waals surface area contributed by atoms with E-state index in [1.54, 1.807) is 0 Å². The van der Waals surface area contributed by atoms with Gasteiger partial charge in [-0.1, -0.05) is 6.58 Å². The van der Waals surface area contributed by atoms with Gasteiger partial charge in [-0.05, 0) is 6.92 Å². The molecule has 1 unspecified atom stereocenters. The molecule has 1 atom stereocenters. The second-order valence-electron chi connectivity index (χ2n) is 4.98. The highest BCUT2D eigenvalue weighted by Crippen LogP contribution is 2.54. The molecule has 12 heteroatoms. The lowest BCUT2D eigenvalue weighted by Gasteiger charge is -2.34. The van der Waals surface area contributed by atoms with Crippen molar-refractivity contribution >= 4 is 5.97 Å². The molecule has 0 amide bonds. The fourth-order valence-electron chi connectivity index (χ4n) is 1.39. The summed E-state index contributed by atoms with van der Waals surface area (Å²) in [5.41, 5.74) is -0.215. The van der Waals surface area contributed by atoms with Crippen molar-refractivity contribution in [2.24, 2.45) is 5.92 Å². The summed E-state index contributed by atoms with van der Waals surface area (Å²) in [5, 5.41) is 8.77. The number of aliphatic hydroxyl groups excluding tert-OH is 1. The van der Waals surface area contributed by atoms with E-state index in [2.05, 4.69) is 11.3 Å². The molecule has 0 aliphatic rings. The summed E-state index contributed by atoms with van der Waals surface area (Å²) >= 11 is 0. The number of alkyl halides is 9. The normalized spacial score (nSPS) is 15.1. The number of carbonyl (C=O) groups excluding carboxylic acids is 1. The van der Waals surface area contributed by atoms with Gasteiger partial charge < -0.3 is 9.84 Å². The summed E-state index contributed by atoms with van der Waals surface area (Å²) in [6, 6.07) is 0. The maximum absolute atomic E-state index is 13.3. The Morgan fingerprint density at radius 1 is 1.04 bits per heavy atom. The number of halogens is 9. The van der Waals surface area contributed by atoms with Gasteiger partial charge in [-0.25, -0.2) is 4.79 Å². The van der Waals surface area contributed by atoms with Crippen molar-refractivity contribution in [1.29, 1.82) is 0 Å². The van der Waals surface area contributed by atoms with Crippen molar-refractivity contribution in [3.63, 3.8) is 0 Å². The van der Waals surface area contributed by atoms with E-state index in [4.69, 9.17) is 5.11 Å². The van der Waals surface area contributed by atoms with Crippen molar-refractivity contribution in [2.45, 2.75) is 37.3 Å². The van der Waals surface area contributed by atoms with Crippen LogP contribution in [0.15, 0.2) is 12.2 Å². The van der Waals surface area contributed by atoms with E-state index in [1.165, 1.54) is 0 Å². The zero-order chi connectivity index (χ0) is 19.6.